The van der Waals surface area contributed by atoms with Crippen LogP contribution in [0.5, 0.6) is 0 Å². The zero-order valence-electron chi connectivity index (χ0n) is 17.6. The van der Waals surface area contributed by atoms with Crippen LogP contribution in [0.3, 0.4) is 0 Å². The molecule has 9 nitrogen and oxygen atoms in total. The fourth-order valence-electron chi connectivity index (χ4n) is 3.80. The molecule has 1 aliphatic rings. The number of piperidine rings is 1. The number of carbonyl (C=O) groups is 1. The average Bonchev–Trinajstić information content (AvgIpc) is 3.42. The molecule has 0 aromatic carbocycles. The molecule has 1 saturated heterocycles. The lowest BCUT2D eigenvalue weighted by molar-refractivity contribution is -0.105. The molecular weight excluding hydrogens is 421 g/mol. The number of amides is 1. The molecule has 0 aliphatic carbocycles. The molecule has 1 fully saturated rings. The number of halogens is 1. The Kier molecular flexibility index (Phi) is 6.23. The van der Waals surface area contributed by atoms with Crippen molar-refractivity contribution in [3.8, 4) is 22.7 Å². The van der Waals surface area contributed by atoms with E-state index < -0.39 is 0 Å². The fourth-order valence-corrected chi connectivity index (χ4v) is 4.00. The van der Waals surface area contributed by atoms with E-state index in [1.807, 2.05) is 13.0 Å². The lowest BCUT2D eigenvalue weighted by Crippen LogP contribution is -2.45. The Bertz CT molecular complexity index is 1070. The molecule has 1 atom stereocenters. The number of nitrogens with zero attached hydrogens (tertiary/aromatic N) is 6. The molecule has 164 valence electrons. The maximum Gasteiger partial charge on any atom is 0.212 e. The first-order chi connectivity index (χ1) is 15.0. The third kappa shape index (κ3) is 4.42. The smallest absolute Gasteiger partial charge is 0.212 e. The van der Waals surface area contributed by atoms with Gasteiger partial charge in [-0.25, -0.2) is 9.97 Å². The SMILES string of the molecule is Cc1cnc(NC=O)cc1-c1cc(-c2ncn(SF)n2)c(N2CCCC(N(C)C)C2)o1. The van der Waals surface area contributed by atoms with Gasteiger partial charge < -0.3 is 19.5 Å². The summed E-state index contributed by atoms with van der Waals surface area (Å²) < 4.78 is 20.4. The first-order valence-electron chi connectivity index (χ1n) is 9.93. The molecule has 1 amide bonds. The first-order valence-corrected chi connectivity index (χ1v) is 10.6. The Hall–Kier alpha value is -2.92. The van der Waals surface area contributed by atoms with Gasteiger partial charge in [-0.05, 0) is 51.6 Å². The van der Waals surface area contributed by atoms with Crippen LogP contribution in [0.25, 0.3) is 22.7 Å². The van der Waals surface area contributed by atoms with Crippen LogP contribution in [-0.2, 0) is 4.79 Å². The van der Waals surface area contributed by atoms with Crippen LogP contribution >= 0.6 is 12.3 Å². The van der Waals surface area contributed by atoms with E-state index in [2.05, 4.69) is 44.3 Å². The van der Waals surface area contributed by atoms with Crippen molar-refractivity contribution in [1.29, 1.82) is 0 Å². The van der Waals surface area contributed by atoms with Crippen LogP contribution in [0.2, 0.25) is 0 Å². The summed E-state index contributed by atoms with van der Waals surface area (Å²) in [5.41, 5.74) is 2.39. The molecule has 31 heavy (non-hydrogen) atoms. The maximum atomic E-state index is 13.0. The predicted octanol–water partition coefficient (Wildman–Crippen LogP) is 3.39. The molecule has 1 N–H and O–H groups in total. The van der Waals surface area contributed by atoms with Crippen molar-refractivity contribution in [3.05, 3.63) is 30.2 Å². The summed E-state index contributed by atoms with van der Waals surface area (Å²) in [6.07, 6.45) is 5.74. The molecule has 0 radical (unpaired) electrons. The van der Waals surface area contributed by atoms with Gasteiger partial charge in [0, 0.05) is 30.9 Å². The van der Waals surface area contributed by atoms with Crippen LogP contribution < -0.4 is 10.2 Å². The van der Waals surface area contributed by atoms with Gasteiger partial charge in [-0.2, -0.15) is 4.09 Å². The molecular formula is C20H24FN7O2S. The van der Waals surface area contributed by atoms with Gasteiger partial charge in [-0.1, -0.05) is 0 Å². The number of nitrogens with one attached hydrogen (secondary N) is 1. The highest BCUT2D eigenvalue weighted by atomic mass is 32.2. The van der Waals surface area contributed by atoms with Gasteiger partial charge in [0.2, 0.25) is 12.3 Å². The number of furan rings is 1. The largest absolute Gasteiger partial charge is 0.440 e. The number of rotatable bonds is 7. The molecule has 0 bridgehead atoms. The van der Waals surface area contributed by atoms with Gasteiger partial charge in [0.05, 0.1) is 5.56 Å². The van der Waals surface area contributed by atoms with E-state index in [1.165, 1.54) is 6.33 Å². The third-order valence-electron chi connectivity index (χ3n) is 5.49. The molecule has 11 heteroatoms. The minimum Gasteiger partial charge on any atom is -0.440 e. The fraction of sp³-hybridized carbons (Fsp3) is 0.400. The van der Waals surface area contributed by atoms with E-state index in [4.69, 9.17) is 4.42 Å². The number of pyridine rings is 1. The zero-order valence-corrected chi connectivity index (χ0v) is 18.4. The summed E-state index contributed by atoms with van der Waals surface area (Å²) in [7, 11) is 4.15. The van der Waals surface area contributed by atoms with Crippen LogP contribution in [0.4, 0.5) is 15.6 Å². The Labute approximate surface area is 184 Å². The molecule has 4 rings (SSSR count). The normalized spacial score (nSPS) is 16.7. The molecule has 0 saturated carbocycles. The summed E-state index contributed by atoms with van der Waals surface area (Å²) in [5.74, 6) is 2.08. The standard InChI is InChI=1S/C20H24FN7O2S/c1-13-9-22-18(24-12-29)8-15(13)17-7-16(19-23-11-28(25-19)31-21)20(30-17)27-6-4-5-14(10-27)26(2)3/h7-9,11-12,14H,4-6,10H2,1-3H3,(H,22,24,29). The molecule has 1 aliphatic heterocycles. The van der Waals surface area contributed by atoms with E-state index in [-0.39, 0.29) is 12.3 Å². The minimum absolute atomic E-state index is 0.0143. The summed E-state index contributed by atoms with van der Waals surface area (Å²) in [5, 5.41) is 6.78. The van der Waals surface area contributed by atoms with Gasteiger partial charge in [-0.3, -0.25) is 4.79 Å². The van der Waals surface area contributed by atoms with Gasteiger partial charge in [-0.15, -0.1) is 8.98 Å². The van der Waals surface area contributed by atoms with Crippen molar-refractivity contribution < 1.29 is 13.1 Å². The lowest BCUT2D eigenvalue weighted by Gasteiger charge is -2.36. The summed E-state index contributed by atoms with van der Waals surface area (Å²) in [6.45, 7) is 3.57. The van der Waals surface area contributed by atoms with Gasteiger partial charge in [0.15, 0.2) is 18.2 Å². The van der Waals surface area contributed by atoms with Crippen molar-refractivity contribution in [2.75, 3.05) is 37.4 Å². The number of aromatic nitrogens is 4. The van der Waals surface area contributed by atoms with Gasteiger partial charge >= 0.3 is 0 Å². The van der Waals surface area contributed by atoms with E-state index in [1.54, 1.807) is 12.3 Å². The van der Waals surface area contributed by atoms with E-state index >= 15 is 0 Å². The average molecular weight is 446 g/mol. The van der Waals surface area contributed by atoms with Crippen LogP contribution in [0.1, 0.15) is 18.4 Å². The summed E-state index contributed by atoms with van der Waals surface area (Å²) in [4.78, 5) is 23.7. The lowest BCUT2D eigenvalue weighted by atomic mass is 10.0. The second-order valence-corrected chi connectivity index (χ2v) is 8.23. The van der Waals surface area contributed by atoms with Gasteiger partial charge in [0.25, 0.3) is 0 Å². The molecule has 1 unspecified atom stereocenters. The molecule has 3 aromatic heterocycles. The van der Waals surface area contributed by atoms with E-state index in [9.17, 15) is 8.68 Å². The minimum atomic E-state index is -0.0143. The zero-order chi connectivity index (χ0) is 22.0. The van der Waals surface area contributed by atoms with E-state index in [0.29, 0.717) is 41.3 Å². The monoisotopic (exact) mass is 445 g/mol. The number of hydrogen-bond acceptors (Lipinski definition) is 8. The quantitative estimate of drug-likeness (QED) is 0.554. The molecule has 0 spiro atoms. The number of hydrogen-bond donors (Lipinski definition) is 1. The Morgan fingerprint density at radius 3 is 2.87 bits per heavy atom. The molecule has 4 heterocycles. The predicted molar refractivity (Wildman–Crippen MR) is 118 cm³/mol. The Morgan fingerprint density at radius 1 is 1.32 bits per heavy atom. The van der Waals surface area contributed by atoms with Crippen molar-refractivity contribution in [2.24, 2.45) is 0 Å². The highest BCUT2D eigenvalue weighted by molar-refractivity contribution is 7.92. The van der Waals surface area contributed by atoms with Crippen LogP contribution in [0.15, 0.2) is 29.1 Å². The summed E-state index contributed by atoms with van der Waals surface area (Å²) >= 11 is -0.0143. The number of carbonyl (C=O) groups excluding carboxylic acids is 1. The maximum absolute atomic E-state index is 13.0. The first kappa shape index (κ1) is 21.3. The Balaban J connectivity index is 1.79. The van der Waals surface area contributed by atoms with Crippen LogP contribution in [-0.4, -0.2) is 63.7 Å². The number of anilines is 2. The topological polar surface area (TPSA) is 92.3 Å². The second-order valence-electron chi connectivity index (χ2n) is 7.72. The van der Waals surface area contributed by atoms with Gasteiger partial charge in [0.1, 0.15) is 17.9 Å². The Morgan fingerprint density at radius 2 is 2.16 bits per heavy atom. The van der Waals surface area contributed by atoms with Crippen molar-refractivity contribution >= 4 is 30.4 Å². The number of likely N-dealkylation sites (N-methyl/N-ethyl adjacent to an activating group) is 1. The third-order valence-corrected chi connectivity index (χ3v) is 5.80. The second kappa shape index (κ2) is 9.06. The van der Waals surface area contributed by atoms with Crippen molar-refractivity contribution in [3.63, 3.8) is 0 Å². The van der Waals surface area contributed by atoms with Crippen molar-refractivity contribution in [1.82, 2.24) is 24.1 Å². The van der Waals surface area contributed by atoms with Crippen LogP contribution in [0, 0.1) is 6.92 Å². The highest BCUT2D eigenvalue weighted by Crippen LogP contribution is 2.39. The van der Waals surface area contributed by atoms with Crippen molar-refractivity contribution in [2.45, 2.75) is 25.8 Å². The molecule has 3 aromatic rings. The summed E-state index contributed by atoms with van der Waals surface area (Å²) in [6, 6.07) is 4.02. The van der Waals surface area contributed by atoms with E-state index in [0.717, 1.165) is 41.1 Å². The number of aryl methyl sites for hydroxylation is 1. The highest BCUT2D eigenvalue weighted by Gasteiger charge is 2.28.